The fraction of sp³-hybridized carbons (Fsp3) is 0.500. The second-order valence-electron chi connectivity index (χ2n) is 5.08. The monoisotopic (exact) mass is 271 g/mol. The molecule has 0 atom stereocenters. The molecular weight excluding hydrogens is 255 g/mol. The van der Waals surface area contributed by atoms with E-state index >= 15 is 0 Å². The first-order valence-electron chi connectivity index (χ1n) is 6.34. The standard InChI is InChI=1S/C14H16F3NO/c15-14(16,17)11-6-4-10(5-7-11)13(12(18)19)8-2-1-3-9-13/h4-7H,1-3,8-9H2,(H2,18,19). The maximum atomic E-state index is 12.5. The molecule has 2 nitrogen and oxygen atoms in total. The summed E-state index contributed by atoms with van der Waals surface area (Å²) in [5.41, 5.74) is 4.61. The Balaban J connectivity index is 2.36. The van der Waals surface area contributed by atoms with Gasteiger partial charge in [-0.05, 0) is 30.5 Å². The van der Waals surface area contributed by atoms with E-state index in [2.05, 4.69) is 0 Å². The maximum absolute atomic E-state index is 12.5. The van der Waals surface area contributed by atoms with Crippen LogP contribution in [0.5, 0.6) is 0 Å². The highest BCUT2D eigenvalue weighted by molar-refractivity contribution is 5.86. The van der Waals surface area contributed by atoms with E-state index in [1.807, 2.05) is 0 Å². The quantitative estimate of drug-likeness (QED) is 0.880. The fourth-order valence-electron chi connectivity index (χ4n) is 2.81. The minimum absolute atomic E-state index is 0.438. The minimum atomic E-state index is -4.36. The Bertz CT molecular complexity index is 459. The summed E-state index contributed by atoms with van der Waals surface area (Å²) >= 11 is 0. The summed E-state index contributed by atoms with van der Waals surface area (Å²) in [5, 5.41) is 0. The van der Waals surface area contributed by atoms with E-state index in [1.54, 1.807) is 0 Å². The lowest BCUT2D eigenvalue weighted by molar-refractivity contribution is -0.137. The lowest BCUT2D eigenvalue weighted by Crippen LogP contribution is -2.42. The van der Waals surface area contributed by atoms with Gasteiger partial charge in [0.1, 0.15) is 0 Å². The predicted octanol–water partition coefficient (Wildman–Crippen LogP) is 3.39. The predicted molar refractivity (Wildman–Crippen MR) is 65.4 cm³/mol. The molecular formula is C14H16F3NO. The van der Waals surface area contributed by atoms with E-state index < -0.39 is 23.1 Å². The van der Waals surface area contributed by atoms with Crippen LogP contribution in [0.15, 0.2) is 24.3 Å². The largest absolute Gasteiger partial charge is 0.416 e. The van der Waals surface area contributed by atoms with Crippen molar-refractivity contribution in [3.05, 3.63) is 35.4 Å². The molecule has 19 heavy (non-hydrogen) atoms. The van der Waals surface area contributed by atoms with Crippen LogP contribution >= 0.6 is 0 Å². The van der Waals surface area contributed by atoms with Crippen LogP contribution in [-0.4, -0.2) is 5.91 Å². The van der Waals surface area contributed by atoms with Crippen molar-refractivity contribution >= 4 is 5.91 Å². The van der Waals surface area contributed by atoms with E-state index in [0.717, 1.165) is 31.4 Å². The summed E-state index contributed by atoms with van der Waals surface area (Å²) in [7, 11) is 0. The van der Waals surface area contributed by atoms with Gasteiger partial charge in [0.15, 0.2) is 0 Å². The second-order valence-corrected chi connectivity index (χ2v) is 5.08. The number of carbonyl (C=O) groups is 1. The van der Waals surface area contributed by atoms with Crippen LogP contribution in [-0.2, 0) is 16.4 Å². The number of carbonyl (C=O) groups excluding carboxylic acids is 1. The number of hydrogen-bond donors (Lipinski definition) is 1. The van der Waals surface area contributed by atoms with Crippen molar-refractivity contribution in [2.24, 2.45) is 5.73 Å². The lowest BCUT2D eigenvalue weighted by atomic mass is 9.69. The van der Waals surface area contributed by atoms with Gasteiger partial charge >= 0.3 is 6.18 Å². The van der Waals surface area contributed by atoms with Gasteiger partial charge in [-0.25, -0.2) is 0 Å². The molecule has 1 fully saturated rings. The first-order chi connectivity index (χ1) is 8.86. The first-order valence-corrected chi connectivity index (χ1v) is 6.34. The van der Waals surface area contributed by atoms with E-state index in [1.165, 1.54) is 12.1 Å². The van der Waals surface area contributed by atoms with Gasteiger partial charge in [0.2, 0.25) is 5.91 Å². The van der Waals surface area contributed by atoms with E-state index in [9.17, 15) is 18.0 Å². The normalized spacial score (nSPS) is 19.1. The molecule has 1 aromatic carbocycles. The number of nitrogens with two attached hydrogens (primary N) is 1. The molecule has 1 aromatic rings. The van der Waals surface area contributed by atoms with Gasteiger partial charge in [-0.3, -0.25) is 4.79 Å². The highest BCUT2D eigenvalue weighted by Crippen LogP contribution is 2.40. The van der Waals surface area contributed by atoms with Gasteiger partial charge in [-0.15, -0.1) is 0 Å². The topological polar surface area (TPSA) is 43.1 Å². The Hall–Kier alpha value is -1.52. The van der Waals surface area contributed by atoms with Crippen LogP contribution in [0.4, 0.5) is 13.2 Å². The zero-order valence-corrected chi connectivity index (χ0v) is 10.5. The number of benzene rings is 1. The SMILES string of the molecule is NC(=O)C1(c2ccc(C(F)(F)F)cc2)CCCCC1. The van der Waals surface area contributed by atoms with Gasteiger partial charge < -0.3 is 5.73 Å². The van der Waals surface area contributed by atoms with Crippen molar-refractivity contribution in [1.29, 1.82) is 0 Å². The van der Waals surface area contributed by atoms with Crippen molar-refractivity contribution in [3.63, 3.8) is 0 Å². The molecule has 1 aliphatic carbocycles. The Morgan fingerprint density at radius 2 is 1.58 bits per heavy atom. The van der Waals surface area contributed by atoms with Gasteiger partial charge in [0.05, 0.1) is 11.0 Å². The molecule has 0 heterocycles. The molecule has 0 aromatic heterocycles. The third-order valence-corrected chi connectivity index (χ3v) is 3.94. The Morgan fingerprint density at radius 3 is 2.00 bits per heavy atom. The van der Waals surface area contributed by atoms with Gasteiger partial charge in [0.25, 0.3) is 0 Å². The van der Waals surface area contributed by atoms with Crippen LogP contribution in [0, 0.1) is 0 Å². The Kier molecular flexibility index (Phi) is 3.56. The van der Waals surface area contributed by atoms with Crippen molar-refractivity contribution in [3.8, 4) is 0 Å². The van der Waals surface area contributed by atoms with E-state index in [-0.39, 0.29) is 0 Å². The molecule has 2 rings (SSSR count). The summed E-state index contributed by atoms with van der Waals surface area (Å²) in [4.78, 5) is 11.8. The third-order valence-electron chi connectivity index (χ3n) is 3.94. The Morgan fingerprint density at radius 1 is 1.05 bits per heavy atom. The average Bonchev–Trinajstić information content (AvgIpc) is 2.38. The molecule has 1 aliphatic rings. The number of rotatable bonds is 2. The van der Waals surface area contributed by atoms with E-state index in [4.69, 9.17) is 5.73 Å². The summed E-state index contributed by atoms with van der Waals surface area (Å²) in [5.74, 6) is -0.438. The number of primary amides is 1. The molecule has 0 saturated heterocycles. The Labute approximate surface area is 109 Å². The molecule has 1 saturated carbocycles. The number of amides is 1. The molecule has 104 valence electrons. The third kappa shape index (κ3) is 2.60. The van der Waals surface area contributed by atoms with Gasteiger partial charge in [-0.1, -0.05) is 31.4 Å². The molecule has 0 spiro atoms. The molecule has 5 heteroatoms. The van der Waals surface area contributed by atoms with Crippen molar-refractivity contribution in [1.82, 2.24) is 0 Å². The van der Waals surface area contributed by atoms with Crippen LogP contribution in [0.1, 0.15) is 43.2 Å². The summed E-state index contributed by atoms with van der Waals surface area (Å²) < 4.78 is 37.6. The number of halogens is 3. The molecule has 1 amide bonds. The highest BCUT2D eigenvalue weighted by atomic mass is 19.4. The van der Waals surface area contributed by atoms with Crippen molar-refractivity contribution < 1.29 is 18.0 Å². The zero-order chi connectivity index (χ0) is 14.1. The molecule has 0 aliphatic heterocycles. The summed E-state index contributed by atoms with van der Waals surface area (Å²) in [6, 6.07) is 4.82. The molecule has 2 N–H and O–H groups in total. The average molecular weight is 271 g/mol. The molecule has 0 radical (unpaired) electrons. The first kappa shape index (κ1) is 13.9. The van der Waals surface area contributed by atoms with Crippen LogP contribution in [0.2, 0.25) is 0 Å². The second kappa shape index (κ2) is 4.87. The molecule has 0 bridgehead atoms. The van der Waals surface area contributed by atoms with Gasteiger partial charge in [0, 0.05) is 0 Å². The van der Waals surface area contributed by atoms with Crippen molar-refractivity contribution in [2.45, 2.75) is 43.7 Å². The maximum Gasteiger partial charge on any atom is 0.416 e. The van der Waals surface area contributed by atoms with Gasteiger partial charge in [-0.2, -0.15) is 13.2 Å². The molecule has 0 unspecified atom stereocenters. The van der Waals surface area contributed by atoms with Crippen LogP contribution < -0.4 is 5.73 Å². The summed E-state index contributed by atoms with van der Waals surface area (Å²) in [6.07, 6.45) is -0.323. The highest BCUT2D eigenvalue weighted by Gasteiger charge is 2.40. The smallest absolute Gasteiger partial charge is 0.369 e. The zero-order valence-electron chi connectivity index (χ0n) is 10.5. The van der Waals surface area contributed by atoms with Crippen LogP contribution in [0.3, 0.4) is 0 Å². The number of hydrogen-bond acceptors (Lipinski definition) is 1. The summed E-state index contributed by atoms with van der Waals surface area (Å²) in [6.45, 7) is 0. The minimum Gasteiger partial charge on any atom is -0.369 e. The lowest BCUT2D eigenvalue weighted by Gasteiger charge is -2.34. The van der Waals surface area contributed by atoms with E-state index in [0.29, 0.717) is 18.4 Å². The van der Waals surface area contributed by atoms with Crippen molar-refractivity contribution in [2.75, 3.05) is 0 Å². The fourth-order valence-corrected chi connectivity index (χ4v) is 2.81. The number of alkyl halides is 3. The van der Waals surface area contributed by atoms with Crippen LogP contribution in [0.25, 0.3) is 0 Å².